The fourth-order valence-corrected chi connectivity index (χ4v) is 0.947. The number of rotatable bonds is 0. The highest BCUT2D eigenvalue weighted by atomic mass is 19.4. The lowest BCUT2D eigenvalue weighted by atomic mass is 10.1. The van der Waals surface area contributed by atoms with Gasteiger partial charge in [0.1, 0.15) is 0 Å². The monoisotopic (exact) mass is 177 g/mol. The van der Waals surface area contributed by atoms with Gasteiger partial charge in [-0.1, -0.05) is 17.2 Å². The van der Waals surface area contributed by atoms with E-state index >= 15 is 0 Å². The van der Waals surface area contributed by atoms with Crippen LogP contribution in [0.5, 0.6) is 0 Å². The molecule has 0 bridgehead atoms. The summed E-state index contributed by atoms with van der Waals surface area (Å²) in [6.45, 7) is -1.07. The number of halogens is 3. The van der Waals surface area contributed by atoms with E-state index in [0.29, 0.717) is 6.07 Å². The molecule has 0 spiro atoms. The molecule has 1 rings (SSSR count). The summed E-state index contributed by atoms with van der Waals surface area (Å²) in [5.74, 6) is 0. The number of benzene rings is 1. The summed E-state index contributed by atoms with van der Waals surface area (Å²) in [5, 5.41) is 0. The predicted molar refractivity (Wildman–Crippen MR) is 40.9 cm³/mol. The minimum Gasteiger partial charge on any atom is -0.166 e. The highest BCUT2D eigenvalue weighted by Crippen LogP contribution is 2.30. The van der Waals surface area contributed by atoms with Crippen LogP contribution < -0.4 is 0 Å². The molecule has 0 atom stereocenters. The van der Waals surface area contributed by atoms with E-state index in [4.69, 9.17) is 4.11 Å². The summed E-state index contributed by atoms with van der Waals surface area (Å²) in [6.07, 6.45) is -4.51. The maximum atomic E-state index is 12.4. The van der Waals surface area contributed by atoms with Gasteiger partial charge in [0, 0.05) is 4.11 Å². The van der Waals surface area contributed by atoms with Gasteiger partial charge in [-0.3, -0.25) is 0 Å². The van der Waals surface area contributed by atoms with E-state index in [0.717, 1.165) is 6.07 Å². The summed E-state index contributed by atoms with van der Waals surface area (Å²) in [6, 6.07) is 2.83. The van der Waals surface area contributed by atoms with Crippen LogP contribution in [0.1, 0.15) is 20.8 Å². The molecule has 0 nitrogen and oxygen atoms in total. The van der Waals surface area contributed by atoms with Gasteiger partial charge in [-0.2, -0.15) is 13.2 Å². The average Bonchev–Trinajstić information content (AvgIpc) is 1.99. The number of hydrogen-bond acceptors (Lipinski definition) is 0. The van der Waals surface area contributed by atoms with Gasteiger partial charge in [-0.05, 0) is 25.9 Å². The summed E-state index contributed by atoms with van der Waals surface area (Å²) in [5.41, 5.74) is -0.917. The first-order valence-corrected chi connectivity index (χ1v) is 3.30. The first-order chi connectivity index (χ1) is 6.60. The summed E-state index contributed by atoms with van der Waals surface area (Å²) in [7, 11) is 0. The summed E-state index contributed by atoms with van der Waals surface area (Å²) in [4.78, 5) is 0. The Balaban J connectivity index is 3.30. The zero-order valence-electron chi connectivity index (χ0n) is 9.37. The number of aryl methyl sites for hydroxylation is 2. The smallest absolute Gasteiger partial charge is 0.166 e. The molecule has 0 heterocycles. The zero-order chi connectivity index (χ0) is 11.9. The van der Waals surface area contributed by atoms with Crippen LogP contribution in [-0.4, -0.2) is 0 Å². The minimum absolute atomic E-state index is 0.283. The first-order valence-electron chi connectivity index (χ1n) is 4.80. The molecule has 0 saturated carbocycles. The van der Waals surface area contributed by atoms with Crippen molar-refractivity contribution in [3.63, 3.8) is 0 Å². The normalized spacial score (nSPS) is 16.5. The van der Waals surface area contributed by atoms with Gasteiger partial charge in [0.2, 0.25) is 0 Å². The van der Waals surface area contributed by atoms with E-state index in [1.54, 1.807) is 0 Å². The van der Waals surface area contributed by atoms with E-state index in [-0.39, 0.29) is 11.1 Å². The Morgan fingerprint density at radius 3 is 2.25 bits per heavy atom. The van der Waals surface area contributed by atoms with Crippen LogP contribution in [0.3, 0.4) is 0 Å². The standard InChI is InChI=1S/C9H9F3/c1-6-3-7(2)5-8(4-6)9(10,11)12/h3-5H,1-2H3/i1D3. The van der Waals surface area contributed by atoms with Gasteiger partial charge in [-0.15, -0.1) is 0 Å². The molecule has 66 valence electrons. The maximum absolute atomic E-state index is 12.4. The van der Waals surface area contributed by atoms with Crippen molar-refractivity contribution in [2.45, 2.75) is 20.0 Å². The van der Waals surface area contributed by atoms with Crippen molar-refractivity contribution in [2.24, 2.45) is 0 Å². The Bertz CT molecular complexity index is 334. The Morgan fingerprint density at radius 1 is 1.17 bits per heavy atom. The SMILES string of the molecule is [2H]C([2H])([2H])c1cc(C)cc(C(F)(F)F)c1. The summed E-state index contributed by atoms with van der Waals surface area (Å²) >= 11 is 0. The average molecular weight is 177 g/mol. The van der Waals surface area contributed by atoms with E-state index < -0.39 is 18.6 Å². The zero-order valence-corrected chi connectivity index (χ0v) is 6.37. The second-order valence-electron chi connectivity index (χ2n) is 2.59. The molecule has 0 aliphatic heterocycles. The van der Waals surface area contributed by atoms with Crippen LogP contribution in [0, 0.1) is 13.8 Å². The van der Waals surface area contributed by atoms with Gasteiger partial charge in [0.15, 0.2) is 0 Å². The fourth-order valence-electron chi connectivity index (χ4n) is 0.947. The van der Waals surface area contributed by atoms with Crippen molar-refractivity contribution in [2.75, 3.05) is 0 Å². The third-order valence-electron chi connectivity index (χ3n) is 1.40. The second-order valence-corrected chi connectivity index (χ2v) is 2.59. The van der Waals surface area contributed by atoms with Crippen molar-refractivity contribution in [3.8, 4) is 0 Å². The fraction of sp³-hybridized carbons (Fsp3) is 0.333. The van der Waals surface area contributed by atoms with E-state index in [9.17, 15) is 13.2 Å². The van der Waals surface area contributed by atoms with E-state index in [1.165, 1.54) is 13.0 Å². The van der Waals surface area contributed by atoms with Crippen molar-refractivity contribution in [1.82, 2.24) is 0 Å². The lowest BCUT2D eigenvalue weighted by Crippen LogP contribution is -2.05. The van der Waals surface area contributed by atoms with Crippen LogP contribution in [0.25, 0.3) is 0 Å². The van der Waals surface area contributed by atoms with Gasteiger partial charge in [0.05, 0.1) is 5.56 Å². The lowest BCUT2D eigenvalue weighted by molar-refractivity contribution is -0.137. The van der Waals surface area contributed by atoms with E-state index in [1.807, 2.05) is 0 Å². The largest absolute Gasteiger partial charge is 0.416 e. The van der Waals surface area contributed by atoms with Crippen LogP contribution in [0.2, 0.25) is 0 Å². The Hall–Kier alpha value is -0.990. The number of alkyl halides is 3. The van der Waals surface area contributed by atoms with E-state index in [2.05, 4.69) is 0 Å². The predicted octanol–water partition coefficient (Wildman–Crippen LogP) is 3.32. The van der Waals surface area contributed by atoms with Crippen molar-refractivity contribution >= 4 is 0 Å². The molecular formula is C9H9F3. The highest BCUT2D eigenvalue weighted by molar-refractivity contribution is 5.30. The Kier molecular flexibility index (Phi) is 1.32. The minimum atomic E-state index is -4.51. The van der Waals surface area contributed by atoms with Gasteiger partial charge in [0.25, 0.3) is 0 Å². The Labute approximate surface area is 73.2 Å². The third kappa shape index (κ3) is 2.00. The highest BCUT2D eigenvalue weighted by Gasteiger charge is 2.30. The number of hydrogen-bond donors (Lipinski definition) is 0. The molecule has 0 fully saturated rings. The molecule has 12 heavy (non-hydrogen) atoms. The van der Waals surface area contributed by atoms with Crippen LogP contribution in [0.4, 0.5) is 13.2 Å². The molecule has 0 saturated heterocycles. The molecule has 0 amide bonds. The summed E-state index contributed by atoms with van der Waals surface area (Å²) < 4.78 is 58.2. The molecule has 0 unspecified atom stereocenters. The maximum Gasteiger partial charge on any atom is 0.416 e. The van der Waals surface area contributed by atoms with Gasteiger partial charge in [-0.25, -0.2) is 0 Å². The van der Waals surface area contributed by atoms with Crippen LogP contribution in [0.15, 0.2) is 18.2 Å². The van der Waals surface area contributed by atoms with Crippen molar-refractivity contribution < 1.29 is 17.3 Å². The molecule has 3 heteroatoms. The molecule has 1 aromatic carbocycles. The first kappa shape index (κ1) is 5.62. The van der Waals surface area contributed by atoms with Crippen LogP contribution in [-0.2, 0) is 6.18 Å². The molecular weight excluding hydrogens is 165 g/mol. The lowest BCUT2D eigenvalue weighted by Gasteiger charge is -2.08. The molecule has 0 N–H and O–H groups in total. The second kappa shape index (κ2) is 2.81. The molecule has 1 aromatic rings. The quantitative estimate of drug-likeness (QED) is 0.570. The van der Waals surface area contributed by atoms with Gasteiger partial charge < -0.3 is 0 Å². The van der Waals surface area contributed by atoms with Crippen molar-refractivity contribution in [3.05, 3.63) is 34.9 Å². The molecule has 0 aliphatic rings. The molecule has 0 aromatic heterocycles. The Morgan fingerprint density at radius 2 is 1.75 bits per heavy atom. The van der Waals surface area contributed by atoms with Gasteiger partial charge >= 0.3 is 6.18 Å². The van der Waals surface area contributed by atoms with Crippen LogP contribution >= 0.6 is 0 Å². The third-order valence-corrected chi connectivity index (χ3v) is 1.40. The molecule has 0 aliphatic carbocycles. The van der Waals surface area contributed by atoms with Crippen molar-refractivity contribution in [1.29, 1.82) is 0 Å². The molecule has 0 radical (unpaired) electrons. The topological polar surface area (TPSA) is 0 Å².